The predicted molar refractivity (Wildman–Crippen MR) is 75.4 cm³/mol. The first-order chi connectivity index (χ1) is 9.55. The molecule has 0 bridgehead atoms. The second-order valence-corrected chi connectivity index (χ2v) is 5.22. The van der Waals surface area contributed by atoms with E-state index >= 15 is 0 Å². The molecule has 2 N–H and O–H groups in total. The highest BCUT2D eigenvalue weighted by Crippen LogP contribution is 2.30. The number of aliphatic hydroxyl groups is 2. The van der Waals surface area contributed by atoms with Gasteiger partial charge in [0.05, 0.1) is 36.6 Å². The van der Waals surface area contributed by atoms with Crippen molar-refractivity contribution >= 4 is 5.69 Å². The number of nitrogens with zero attached hydrogens (tertiary/aromatic N) is 2. The molecule has 1 heterocycles. The minimum atomic E-state index is -0.608. The number of ether oxygens (including phenoxy) is 1. The first-order valence-corrected chi connectivity index (χ1v) is 6.78. The molecule has 2 rings (SSSR count). The van der Waals surface area contributed by atoms with Crippen LogP contribution in [-0.4, -0.2) is 42.1 Å². The van der Waals surface area contributed by atoms with Crippen LogP contribution < -0.4 is 4.90 Å². The number of anilines is 1. The van der Waals surface area contributed by atoms with E-state index in [1.54, 1.807) is 25.1 Å². The average Bonchev–Trinajstić information content (AvgIpc) is 2.45. The van der Waals surface area contributed by atoms with Gasteiger partial charge in [-0.05, 0) is 26.0 Å². The predicted octanol–water partition coefficient (Wildman–Crippen LogP) is 1.20. The van der Waals surface area contributed by atoms with E-state index < -0.39 is 6.10 Å². The fourth-order valence-corrected chi connectivity index (χ4v) is 2.58. The van der Waals surface area contributed by atoms with E-state index in [2.05, 4.69) is 11.0 Å². The SMILES string of the molecule is CC1CN(c2cc(C#N)ccc2C(C)O)CC(CO)O1. The lowest BCUT2D eigenvalue weighted by atomic mass is 10.0. The van der Waals surface area contributed by atoms with Gasteiger partial charge in [0.2, 0.25) is 0 Å². The van der Waals surface area contributed by atoms with Crippen molar-refractivity contribution in [3.05, 3.63) is 29.3 Å². The maximum absolute atomic E-state index is 9.90. The molecular formula is C15H20N2O3. The minimum Gasteiger partial charge on any atom is -0.394 e. The normalized spacial score (nSPS) is 24.2. The largest absolute Gasteiger partial charge is 0.394 e. The number of nitriles is 1. The number of hydrogen-bond donors (Lipinski definition) is 2. The summed E-state index contributed by atoms with van der Waals surface area (Å²) in [7, 11) is 0. The Hall–Kier alpha value is -1.61. The summed E-state index contributed by atoms with van der Waals surface area (Å²) in [5.74, 6) is 0. The molecule has 1 aromatic rings. The summed E-state index contributed by atoms with van der Waals surface area (Å²) >= 11 is 0. The van der Waals surface area contributed by atoms with Crippen LogP contribution in [0.1, 0.15) is 31.1 Å². The summed E-state index contributed by atoms with van der Waals surface area (Å²) in [5.41, 5.74) is 2.19. The van der Waals surface area contributed by atoms with Gasteiger partial charge in [-0.15, -0.1) is 0 Å². The van der Waals surface area contributed by atoms with E-state index in [-0.39, 0.29) is 18.8 Å². The second kappa shape index (κ2) is 6.23. The Kier molecular flexibility index (Phi) is 4.61. The summed E-state index contributed by atoms with van der Waals surface area (Å²) in [5, 5.41) is 28.2. The Morgan fingerprint density at radius 2 is 2.25 bits per heavy atom. The van der Waals surface area contributed by atoms with Crippen LogP contribution in [0.25, 0.3) is 0 Å². The smallest absolute Gasteiger partial charge is 0.0992 e. The zero-order valence-electron chi connectivity index (χ0n) is 11.8. The zero-order valence-corrected chi connectivity index (χ0v) is 11.8. The molecule has 3 unspecified atom stereocenters. The maximum Gasteiger partial charge on any atom is 0.0992 e. The summed E-state index contributed by atoms with van der Waals surface area (Å²) < 4.78 is 5.62. The molecule has 0 amide bonds. The topological polar surface area (TPSA) is 76.7 Å². The quantitative estimate of drug-likeness (QED) is 0.867. The van der Waals surface area contributed by atoms with Crippen LogP contribution >= 0.6 is 0 Å². The average molecular weight is 276 g/mol. The molecule has 0 radical (unpaired) electrons. The van der Waals surface area contributed by atoms with E-state index in [1.807, 2.05) is 6.92 Å². The fraction of sp³-hybridized carbons (Fsp3) is 0.533. The first-order valence-electron chi connectivity index (χ1n) is 6.78. The number of rotatable bonds is 3. The minimum absolute atomic E-state index is 0.00603. The van der Waals surface area contributed by atoms with Gasteiger partial charge in [0.15, 0.2) is 0 Å². The molecule has 1 aliphatic heterocycles. The molecule has 0 saturated carbocycles. The summed E-state index contributed by atoms with van der Waals surface area (Å²) in [6, 6.07) is 7.40. The molecule has 0 aromatic heterocycles. The van der Waals surface area contributed by atoms with Crippen molar-refractivity contribution < 1.29 is 14.9 Å². The molecule has 1 saturated heterocycles. The van der Waals surface area contributed by atoms with Gasteiger partial charge in [-0.3, -0.25) is 0 Å². The van der Waals surface area contributed by atoms with Crippen LogP contribution in [0.15, 0.2) is 18.2 Å². The van der Waals surface area contributed by atoms with Crippen molar-refractivity contribution in [2.24, 2.45) is 0 Å². The Labute approximate surface area is 119 Å². The van der Waals surface area contributed by atoms with Crippen LogP contribution in [0.3, 0.4) is 0 Å². The molecule has 3 atom stereocenters. The lowest BCUT2D eigenvalue weighted by Crippen LogP contribution is -2.48. The van der Waals surface area contributed by atoms with E-state index in [0.29, 0.717) is 18.7 Å². The molecule has 5 heteroatoms. The maximum atomic E-state index is 9.90. The van der Waals surface area contributed by atoms with Crippen LogP contribution in [0.5, 0.6) is 0 Å². The molecular weight excluding hydrogens is 256 g/mol. The van der Waals surface area contributed by atoms with Crippen LogP contribution in [0.2, 0.25) is 0 Å². The Morgan fingerprint density at radius 3 is 2.85 bits per heavy atom. The Morgan fingerprint density at radius 1 is 1.50 bits per heavy atom. The van der Waals surface area contributed by atoms with Gasteiger partial charge in [0.25, 0.3) is 0 Å². The molecule has 0 aliphatic carbocycles. The highest BCUT2D eigenvalue weighted by Gasteiger charge is 2.27. The number of aliphatic hydroxyl groups excluding tert-OH is 2. The zero-order chi connectivity index (χ0) is 14.7. The molecule has 20 heavy (non-hydrogen) atoms. The lowest BCUT2D eigenvalue weighted by molar-refractivity contribution is -0.0422. The highest BCUT2D eigenvalue weighted by atomic mass is 16.5. The third-order valence-corrected chi connectivity index (χ3v) is 3.48. The lowest BCUT2D eigenvalue weighted by Gasteiger charge is -2.38. The van der Waals surface area contributed by atoms with Gasteiger partial charge >= 0.3 is 0 Å². The van der Waals surface area contributed by atoms with Gasteiger partial charge in [0.1, 0.15) is 0 Å². The van der Waals surface area contributed by atoms with Gasteiger partial charge in [-0.1, -0.05) is 6.07 Å². The second-order valence-electron chi connectivity index (χ2n) is 5.22. The fourth-order valence-electron chi connectivity index (χ4n) is 2.58. The van der Waals surface area contributed by atoms with Crippen LogP contribution in [-0.2, 0) is 4.74 Å². The van der Waals surface area contributed by atoms with Crippen molar-refractivity contribution in [1.29, 1.82) is 5.26 Å². The van der Waals surface area contributed by atoms with E-state index in [9.17, 15) is 10.2 Å². The molecule has 5 nitrogen and oxygen atoms in total. The van der Waals surface area contributed by atoms with E-state index in [1.165, 1.54) is 0 Å². The van der Waals surface area contributed by atoms with Crippen molar-refractivity contribution in [2.45, 2.75) is 32.2 Å². The van der Waals surface area contributed by atoms with Crippen LogP contribution in [0.4, 0.5) is 5.69 Å². The van der Waals surface area contributed by atoms with Gasteiger partial charge in [0, 0.05) is 24.3 Å². The number of hydrogen-bond acceptors (Lipinski definition) is 5. The highest BCUT2D eigenvalue weighted by molar-refractivity contribution is 5.59. The molecule has 108 valence electrons. The third kappa shape index (κ3) is 3.10. The molecule has 1 aliphatic rings. The van der Waals surface area contributed by atoms with Gasteiger partial charge in [-0.25, -0.2) is 0 Å². The van der Waals surface area contributed by atoms with Crippen molar-refractivity contribution in [3.8, 4) is 6.07 Å². The van der Waals surface area contributed by atoms with E-state index in [0.717, 1.165) is 11.3 Å². The van der Waals surface area contributed by atoms with Crippen molar-refractivity contribution in [3.63, 3.8) is 0 Å². The molecule has 1 aromatic carbocycles. The first kappa shape index (κ1) is 14.8. The third-order valence-electron chi connectivity index (χ3n) is 3.48. The standard InChI is InChI=1S/C15H20N2O3/c1-10-7-17(8-13(9-18)20-10)15-5-12(6-16)3-4-14(15)11(2)19/h3-5,10-11,13,18-19H,7-9H2,1-2H3. The van der Waals surface area contributed by atoms with Gasteiger partial charge in [-0.2, -0.15) is 5.26 Å². The monoisotopic (exact) mass is 276 g/mol. The Bertz CT molecular complexity index is 510. The Balaban J connectivity index is 2.36. The molecule has 1 fully saturated rings. The number of benzene rings is 1. The van der Waals surface area contributed by atoms with E-state index in [4.69, 9.17) is 10.00 Å². The summed E-state index contributed by atoms with van der Waals surface area (Å²) in [6.45, 7) is 4.84. The summed E-state index contributed by atoms with van der Waals surface area (Å²) in [6.07, 6.45) is -0.858. The van der Waals surface area contributed by atoms with Gasteiger partial charge < -0.3 is 19.8 Å². The number of morpholine rings is 1. The van der Waals surface area contributed by atoms with Crippen molar-refractivity contribution in [1.82, 2.24) is 0 Å². The molecule has 0 spiro atoms. The van der Waals surface area contributed by atoms with Crippen LogP contribution in [0, 0.1) is 11.3 Å². The summed E-state index contributed by atoms with van der Waals surface area (Å²) in [4.78, 5) is 2.07. The van der Waals surface area contributed by atoms with Crippen molar-refractivity contribution in [2.75, 3.05) is 24.6 Å².